The fourth-order valence-electron chi connectivity index (χ4n) is 2.86. The quantitative estimate of drug-likeness (QED) is 0.781. The summed E-state index contributed by atoms with van der Waals surface area (Å²) in [6.07, 6.45) is -4.68. The molecule has 0 aliphatic heterocycles. The maximum atomic E-state index is 12.7. The summed E-state index contributed by atoms with van der Waals surface area (Å²) in [6.45, 7) is 10.1. The number of nitrogens with one attached hydrogen (secondary N) is 2. The topological polar surface area (TPSA) is 62.0 Å². The van der Waals surface area contributed by atoms with Crippen molar-refractivity contribution in [2.24, 2.45) is 5.92 Å². The van der Waals surface area contributed by atoms with E-state index in [2.05, 4.69) is 26.1 Å². The number of aromatic amines is 1. The number of carbonyl (C=O) groups is 1. The molecule has 0 aliphatic carbocycles. The number of amides is 1. The highest BCUT2D eigenvalue weighted by atomic mass is 19.4. The zero-order valence-electron chi connectivity index (χ0n) is 16.6. The Morgan fingerprint density at radius 1 is 1.00 bits per heavy atom. The summed E-state index contributed by atoms with van der Waals surface area (Å²) >= 11 is 0. The maximum absolute atomic E-state index is 12.7. The third-order valence-electron chi connectivity index (χ3n) is 4.55. The van der Waals surface area contributed by atoms with E-state index in [0.29, 0.717) is 6.07 Å². The second-order valence-electron chi connectivity index (χ2n) is 8.18. The van der Waals surface area contributed by atoms with Crippen molar-refractivity contribution in [2.75, 3.05) is 0 Å². The van der Waals surface area contributed by atoms with E-state index >= 15 is 0 Å². The van der Waals surface area contributed by atoms with E-state index in [1.54, 1.807) is 4.98 Å². The number of halogens is 3. The molecule has 1 heterocycles. The van der Waals surface area contributed by atoms with Crippen LogP contribution >= 0.6 is 0 Å². The minimum atomic E-state index is -4.68. The van der Waals surface area contributed by atoms with Crippen LogP contribution in [-0.2, 0) is 11.6 Å². The van der Waals surface area contributed by atoms with Gasteiger partial charge in [-0.25, -0.2) is 0 Å². The van der Waals surface area contributed by atoms with Gasteiger partial charge in [0, 0.05) is 0 Å². The lowest BCUT2D eigenvalue weighted by molar-refractivity contribution is -0.141. The molecular weight excluding hydrogens is 369 g/mol. The van der Waals surface area contributed by atoms with Gasteiger partial charge in [-0.15, -0.1) is 0 Å². The molecule has 7 heteroatoms. The Labute approximate surface area is 162 Å². The highest BCUT2D eigenvalue weighted by Crippen LogP contribution is 2.28. The second-order valence-corrected chi connectivity index (χ2v) is 8.18. The Morgan fingerprint density at radius 3 is 2.00 bits per heavy atom. The molecule has 0 radical (unpaired) electrons. The summed E-state index contributed by atoms with van der Waals surface area (Å²) in [5, 5.41) is 2.77. The second kappa shape index (κ2) is 7.81. The molecule has 2 N–H and O–H groups in total. The van der Waals surface area contributed by atoms with Gasteiger partial charge in [-0.2, -0.15) is 13.2 Å². The monoisotopic (exact) mass is 394 g/mol. The number of hydrogen-bond donors (Lipinski definition) is 2. The molecule has 1 amide bonds. The molecular formula is C21H25F3N2O2. The number of carbonyl (C=O) groups excluding carboxylic acids is 1. The number of rotatable bonds is 4. The lowest BCUT2D eigenvalue weighted by atomic mass is 9.85. The van der Waals surface area contributed by atoms with Gasteiger partial charge in [0.1, 0.15) is 11.3 Å². The third-order valence-corrected chi connectivity index (χ3v) is 4.55. The largest absolute Gasteiger partial charge is 0.431 e. The Bertz CT molecular complexity index is 892. The van der Waals surface area contributed by atoms with Crippen molar-refractivity contribution >= 4 is 5.91 Å². The van der Waals surface area contributed by atoms with Crippen molar-refractivity contribution in [3.8, 4) is 0 Å². The van der Waals surface area contributed by atoms with Gasteiger partial charge in [-0.1, -0.05) is 58.9 Å². The van der Waals surface area contributed by atoms with E-state index in [0.717, 1.165) is 17.2 Å². The molecule has 0 fully saturated rings. The normalized spacial score (nSPS) is 13.5. The van der Waals surface area contributed by atoms with E-state index in [4.69, 9.17) is 0 Å². The number of H-pyrrole nitrogens is 1. The van der Waals surface area contributed by atoms with E-state index < -0.39 is 23.3 Å². The van der Waals surface area contributed by atoms with Crippen molar-refractivity contribution in [1.82, 2.24) is 10.3 Å². The fraction of sp³-hybridized carbons (Fsp3) is 0.429. The van der Waals surface area contributed by atoms with Gasteiger partial charge in [-0.05, 0) is 34.6 Å². The van der Waals surface area contributed by atoms with Crippen molar-refractivity contribution in [2.45, 2.75) is 52.3 Å². The fourth-order valence-corrected chi connectivity index (χ4v) is 2.86. The molecule has 2 rings (SSSR count). The summed E-state index contributed by atoms with van der Waals surface area (Å²) in [4.78, 5) is 26.2. The molecule has 0 saturated heterocycles. The van der Waals surface area contributed by atoms with Crippen LogP contribution in [0.5, 0.6) is 0 Å². The SMILES string of the molecule is CC(C)C(NC(=O)c1ccc(C(F)(F)F)[nH]c1=O)c1ccc(C(C)(C)C)cc1. The maximum Gasteiger partial charge on any atom is 0.431 e. The number of pyridine rings is 1. The minimum Gasteiger partial charge on any atom is -0.345 e. The molecule has 0 spiro atoms. The third kappa shape index (κ3) is 5.03. The van der Waals surface area contributed by atoms with Gasteiger partial charge >= 0.3 is 6.18 Å². The zero-order valence-corrected chi connectivity index (χ0v) is 16.6. The van der Waals surface area contributed by atoms with Crippen molar-refractivity contribution in [3.63, 3.8) is 0 Å². The van der Waals surface area contributed by atoms with Gasteiger partial charge in [0.2, 0.25) is 0 Å². The first-order valence-electron chi connectivity index (χ1n) is 9.02. The van der Waals surface area contributed by atoms with Crippen LogP contribution in [0.4, 0.5) is 13.2 Å². The molecule has 0 saturated carbocycles. The summed E-state index contributed by atoms with van der Waals surface area (Å²) in [6, 6.07) is 9.02. The smallest absolute Gasteiger partial charge is 0.345 e. The van der Waals surface area contributed by atoms with Crippen molar-refractivity contribution in [3.05, 3.63) is 69.1 Å². The predicted molar refractivity (Wildman–Crippen MR) is 102 cm³/mol. The first-order valence-corrected chi connectivity index (χ1v) is 9.02. The first kappa shape index (κ1) is 21.7. The van der Waals surface area contributed by atoms with Crippen LogP contribution in [0.2, 0.25) is 0 Å². The average molecular weight is 394 g/mol. The number of alkyl halides is 3. The lowest BCUT2D eigenvalue weighted by Crippen LogP contribution is -2.35. The van der Waals surface area contributed by atoms with Crippen molar-refractivity contribution < 1.29 is 18.0 Å². The van der Waals surface area contributed by atoms with Crippen LogP contribution in [0.15, 0.2) is 41.2 Å². The summed E-state index contributed by atoms with van der Waals surface area (Å²) < 4.78 is 38.1. The molecule has 28 heavy (non-hydrogen) atoms. The molecule has 2 aromatic rings. The van der Waals surface area contributed by atoms with Crippen LogP contribution in [0.25, 0.3) is 0 Å². The van der Waals surface area contributed by atoms with E-state index in [1.807, 2.05) is 38.1 Å². The molecule has 1 aromatic heterocycles. The molecule has 1 aromatic carbocycles. The zero-order chi connectivity index (χ0) is 21.3. The number of hydrogen-bond acceptors (Lipinski definition) is 2. The highest BCUT2D eigenvalue weighted by molar-refractivity contribution is 5.94. The van der Waals surface area contributed by atoms with Crippen LogP contribution in [0, 0.1) is 5.92 Å². The Hall–Kier alpha value is -2.57. The molecule has 1 atom stereocenters. The standard InChI is InChI=1S/C21H25F3N2O2/c1-12(2)17(13-6-8-14(9-7-13)20(3,4)5)26-19(28)15-10-11-16(21(22,23)24)25-18(15)27/h6-12,17H,1-5H3,(H,25,27)(H,26,28). The Morgan fingerprint density at radius 2 is 1.57 bits per heavy atom. The molecule has 1 unspecified atom stereocenters. The van der Waals surface area contributed by atoms with E-state index in [9.17, 15) is 22.8 Å². The summed E-state index contributed by atoms with van der Waals surface area (Å²) in [7, 11) is 0. The molecule has 152 valence electrons. The van der Waals surface area contributed by atoms with Crippen LogP contribution in [0.3, 0.4) is 0 Å². The summed E-state index contributed by atoms with van der Waals surface area (Å²) in [5.41, 5.74) is -0.623. The van der Waals surface area contributed by atoms with E-state index in [1.165, 1.54) is 0 Å². The number of benzene rings is 1. The molecule has 0 bridgehead atoms. The number of aromatic nitrogens is 1. The minimum absolute atomic E-state index is 0.0113. The highest BCUT2D eigenvalue weighted by Gasteiger charge is 2.32. The van der Waals surface area contributed by atoms with Gasteiger partial charge in [-0.3, -0.25) is 9.59 Å². The van der Waals surface area contributed by atoms with Gasteiger partial charge in [0.15, 0.2) is 0 Å². The molecule has 4 nitrogen and oxygen atoms in total. The Balaban J connectivity index is 2.28. The summed E-state index contributed by atoms with van der Waals surface area (Å²) in [5.74, 6) is -0.702. The van der Waals surface area contributed by atoms with Crippen molar-refractivity contribution in [1.29, 1.82) is 0 Å². The van der Waals surface area contributed by atoms with Crippen LogP contribution in [0.1, 0.15) is 67.8 Å². The molecule has 0 aliphatic rings. The van der Waals surface area contributed by atoms with Crippen LogP contribution < -0.4 is 10.9 Å². The lowest BCUT2D eigenvalue weighted by Gasteiger charge is -2.25. The Kier molecular flexibility index (Phi) is 6.06. The van der Waals surface area contributed by atoms with Gasteiger partial charge in [0.25, 0.3) is 11.5 Å². The first-order chi connectivity index (χ1) is 12.8. The van der Waals surface area contributed by atoms with Gasteiger partial charge < -0.3 is 10.3 Å². The van der Waals surface area contributed by atoms with Gasteiger partial charge in [0.05, 0.1) is 6.04 Å². The predicted octanol–water partition coefficient (Wildman–Crippen LogP) is 4.82. The average Bonchev–Trinajstić information content (AvgIpc) is 2.57. The van der Waals surface area contributed by atoms with E-state index in [-0.39, 0.29) is 22.9 Å². The van der Waals surface area contributed by atoms with Crippen LogP contribution in [-0.4, -0.2) is 10.9 Å².